The number of carbonyl (C=O) groups is 2. The molecule has 0 saturated carbocycles. The molecular formula is C22H29N3O5S. The number of amides is 2. The van der Waals surface area contributed by atoms with Crippen molar-refractivity contribution in [2.24, 2.45) is 0 Å². The van der Waals surface area contributed by atoms with Crippen LogP contribution in [0.2, 0.25) is 0 Å². The maximum absolute atomic E-state index is 12.7. The summed E-state index contributed by atoms with van der Waals surface area (Å²) >= 11 is 0. The summed E-state index contributed by atoms with van der Waals surface area (Å²) in [4.78, 5) is 25.3. The van der Waals surface area contributed by atoms with E-state index in [1.54, 1.807) is 48.5 Å². The molecule has 0 aromatic heterocycles. The summed E-state index contributed by atoms with van der Waals surface area (Å²) in [6.45, 7) is 5.65. The monoisotopic (exact) mass is 447 g/mol. The van der Waals surface area contributed by atoms with Crippen LogP contribution in [0.3, 0.4) is 0 Å². The van der Waals surface area contributed by atoms with Gasteiger partial charge in [-0.1, -0.05) is 25.1 Å². The molecule has 0 radical (unpaired) electrons. The Labute approximate surface area is 183 Å². The van der Waals surface area contributed by atoms with Crippen LogP contribution in [0.4, 0.5) is 11.4 Å². The Morgan fingerprint density at radius 3 is 2.45 bits per heavy atom. The van der Waals surface area contributed by atoms with Crippen molar-refractivity contribution in [2.75, 3.05) is 29.0 Å². The first-order valence-corrected chi connectivity index (χ1v) is 11.9. The molecule has 168 valence electrons. The van der Waals surface area contributed by atoms with Gasteiger partial charge in [0.15, 0.2) is 0 Å². The number of para-hydroxylation sites is 1. The molecule has 0 fully saturated rings. The molecule has 1 atom stereocenters. The van der Waals surface area contributed by atoms with Crippen LogP contribution in [0.25, 0.3) is 0 Å². The quantitative estimate of drug-likeness (QED) is 0.583. The van der Waals surface area contributed by atoms with Gasteiger partial charge in [-0.15, -0.1) is 0 Å². The normalized spacial score (nSPS) is 12.0. The van der Waals surface area contributed by atoms with E-state index >= 15 is 0 Å². The van der Waals surface area contributed by atoms with E-state index in [-0.39, 0.29) is 11.9 Å². The molecule has 0 saturated heterocycles. The second-order valence-corrected chi connectivity index (χ2v) is 8.98. The van der Waals surface area contributed by atoms with E-state index in [0.29, 0.717) is 29.3 Å². The zero-order valence-corrected chi connectivity index (χ0v) is 19.0. The number of nitrogens with zero attached hydrogens (tertiary/aromatic N) is 1. The lowest BCUT2D eigenvalue weighted by Gasteiger charge is -2.23. The summed E-state index contributed by atoms with van der Waals surface area (Å²) in [5, 5.41) is 5.52. The molecular weight excluding hydrogens is 418 g/mol. The molecule has 31 heavy (non-hydrogen) atoms. The van der Waals surface area contributed by atoms with Crippen molar-refractivity contribution < 1.29 is 22.7 Å². The van der Waals surface area contributed by atoms with Crippen LogP contribution in [0, 0.1) is 0 Å². The third-order valence-electron chi connectivity index (χ3n) is 4.54. The van der Waals surface area contributed by atoms with Crippen molar-refractivity contribution in [1.82, 2.24) is 5.32 Å². The number of anilines is 2. The van der Waals surface area contributed by atoms with E-state index < -0.39 is 22.5 Å². The number of benzene rings is 2. The van der Waals surface area contributed by atoms with Gasteiger partial charge in [0.25, 0.3) is 5.91 Å². The van der Waals surface area contributed by atoms with Crippen LogP contribution in [-0.4, -0.2) is 45.7 Å². The number of hydrogen-bond acceptors (Lipinski definition) is 5. The fraction of sp³-hybridized carbons (Fsp3) is 0.364. The van der Waals surface area contributed by atoms with Gasteiger partial charge < -0.3 is 15.4 Å². The highest BCUT2D eigenvalue weighted by molar-refractivity contribution is 7.92. The van der Waals surface area contributed by atoms with E-state index in [2.05, 4.69) is 10.6 Å². The number of nitrogens with one attached hydrogen (secondary N) is 2. The summed E-state index contributed by atoms with van der Waals surface area (Å²) in [6.07, 6.45) is 1.80. The van der Waals surface area contributed by atoms with Crippen LogP contribution in [0.15, 0.2) is 48.5 Å². The molecule has 0 aliphatic rings. The van der Waals surface area contributed by atoms with Gasteiger partial charge in [-0.25, -0.2) is 8.42 Å². The van der Waals surface area contributed by atoms with Crippen molar-refractivity contribution in [2.45, 2.75) is 33.2 Å². The maximum atomic E-state index is 12.7. The molecule has 2 aromatic rings. The zero-order chi connectivity index (χ0) is 23.0. The lowest BCUT2D eigenvalue weighted by Crippen LogP contribution is -2.38. The number of rotatable bonds is 10. The van der Waals surface area contributed by atoms with Gasteiger partial charge in [0.2, 0.25) is 15.9 Å². The van der Waals surface area contributed by atoms with E-state index in [1.807, 2.05) is 20.8 Å². The van der Waals surface area contributed by atoms with Gasteiger partial charge in [0.05, 0.1) is 29.8 Å². The topological polar surface area (TPSA) is 105 Å². The van der Waals surface area contributed by atoms with E-state index in [0.717, 1.165) is 17.0 Å². The van der Waals surface area contributed by atoms with Gasteiger partial charge in [-0.05, 0) is 44.5 Å². The van der Waals surface area contributed by atoms with Gasteiger partial charge >= 0.3 is 0 Å². The first-order valence-electron chi connectivity index (χ1n) is 10.1. The Bertz CT molecular complexity index is 1020. The van der Waals surface area contributed by atoms with Gasteiger partial charge in [-0.3, -0.25) is 13.9 Å². The second-order valence-electron chi connectivity index (χ2n) is 7.08. The van der Waals surface area contributed by atoms with Gasteiger partial charge in [-0.2, -0.15) is 0 Å². The molecule has 0 heterocycles. The average molecular weight is 448 g/mol. The molecule has 0 aliphatic carbocycles. The smallest absolute Gasteiger partial charge is 0.253 e. The Kier molecular flexibility index (Phi) is 8.44. The summed E-state index contributed by atoms with van der Waals surface area (Å²) < 4.78 is 31.1. The van der Waals surface area contributed by atoms with Crippen molar-refractivity contribution in [3.8, 4) is 5.75 Å². The Balaban J connectivity index is 2.23. The molecule has 2 N–H and O–H groups in total. The summed E-state index contributed by atoms with van der Waals surface area (Å²) in [6, 6.07) is 13.1. The largest absolute Gasteiger partial charge is 0.494 e. The van der Waals surface area contributed by atoms with Crippen LogP contribution in [-0.2, 0) is 14.8 Å². The predicted octanol–water partition coefficient (Wildman–Crippen LogP) is 3.02. The van der Waals surface area contributed by atoms with Crippen LogP contribution in [0.5, 0.6) is 5.75 Å². The molecule has 0 unspecified atom stereocenters. The first-order chi connectivity index (χ1) is 14.7. The predicted molar refractivity (Wildman–Crippen MR) is 122 cm³/mol. The van der Waals surface area contributed by atoms with Crippen molar-refractivity contribution >= 4 is 33.2 Å². The lowest BCUT2D eigenvalue weighted by atomic mass is 10.1. The van der Waals surface area contributed by atoms with Gasteiger partial charge in [0.1, 0.15) is 12.3 Å². The molecule has 2 aromatic carbocycles. The Morgan fingerprint density at radius 2 is 1.81 bits per heavy atom. The second kappa shape index (κ2) is 10.8. The van der Waals surface area contributed by atoms with E-state index in [4.69, 9.17) is 4.74 Å². The molecule has 0 spiro atoms. The molecule has 2 rings (SSSR count). The number of sulfonamides is 1. The lowest BCUT2D eigenvalue weighted by molar-refractivity contribution is -0.114. The molecule has 9 heteroatoms. The average Bonchev–Trinajstić information content (AvgIpc) is 2.72. The van der Waals surface area contributed by atoms with Crippen molar-refractivity contribution in [3.05, 3.63) is 54.1 Å². The molecule has 0 aliphatic heterocycles. The molecule has 0 bridgehead atoms. The number of hydrogen-bond donors (Lipinski definition) is 2. The van der Waals surface area contributed by atoms with Gasteiger partial charge in [0, 0.05) is 12.1 Å². The first kappa shape index (κ1) is 24.2. The molecule has 2 amide bonds. The SMILES string of the molecule is CCOc1cccc(N(CC(=O)Nc2ccccc2C(=O)N[C@H](C)CC)S(C)(=O)=O)c1. The fourth-order valence-electron chi connectivity index (χ4n) is 2.81. The van der Waals surface area contributed by atoms with Crippen LogP contribution < -0.4 is 19.7 Å². The highest BCUT2D eigenvalue weighted by atomic mass is 32.2. The number of ether oxygens (including phenoxy) is 1. The fourth-order valence-corrected chi connectivity index (χ4v) is 3.66. The van der Waals surface area contributed by atoms with Crippen LogP contribution in [0.1, 0.15) is 37.6 Å². The molecule has 8 nitrogen and oxygen atoms in total. The van der Waals surface area contributed by atoms with E-state index in [1.165, 1.54) is 0 Å². The Morgan fingerprint density at radius 1 is 1.10 bits per heavy atom. The minimum atomic E-state index is -3.75. The summed E-state index contributed by atoms with van der Waals surface area (Å²) in [5.74, 6) is -0.383. The third kappa shape index (κ3) is 6.99. The van der Waals surface area contributed by atoms with Crippen molar-refractivity contribution in [1.29, 1.82) is 0 Å². The zero-order valence-electron chi connectivity index (χ0n) is 18.2. The minimum absolute atomic E-state index is 0.0189. The Hall–Kier alpha value is -3.07. The highest BCUT2D eigenvalue weighted by Gasteiger charge is 2.22. The highest BCUT2D eigenvalue weighted by Crippen LogP contribution is 2.24. The van der Waals surface area contributed by atoms with Crippen LogP contribution >= 0.6 is 0 Å². The van der Waals surface area contributed by atoms with E-state index in [9.17, 15) is 18.0 Å². The minimum Gasteiger partial charge on any atom is -0.494 e. The van der Waals surface area contributed by atoms with Crippen molar-refractivity contribution in [3.63, 3.8) is 0 Å². The number of carbonyl (C=O) groups excluding carboxylic acids is 2. The summed E-state index contributed by atoms with van der Waals surface area (Å²) in [5.41, 5.74) is 0.927. The maximum Gasteiger partial charge on any atom is 0.253 e. The standard InChI is InChI=1S/C22H29N3O5S/c1-5-16(3)23-22(27)19-12-7-8-13-20(19)24-21(26)15-25(31(4,28)29)17-10-9-11-18(14-17)30-6-2/h7-14,16H,5-6,15H2,1-4H3,(H,23,27)(H,24,26)/t16-/m1/s1. The summed E-state index contributed by atoms with van der Waals surface area (Å²) in [7, 11) is -3.75. The third-order valence-corrected chi connectivity index (χ3v) is 5.68.